The minimum Gasteiger partial charge on any atom is -0.393 e. The van der Waals surface area contributed by atoms with Gasteiger partial charge in [-0.05, 0) is 120 Å². The molecule has 1 heteroatoms. The van der Waals surface area contributed by atoms with Crippen molar-refractivity contribution in [1.82, 2.24) is 0 Å². The molecule has 4 fully saturated rings. The Morgan fingerprint density at radius 3 is 2.08 bits per heavy atom. The van der Waals surface area contributed by atoms with Gasteiger partial charge in [-0.15, -0.1) is 0 Å². The van der Waals surface area contributed by atoms with Gasteiger partial charge in [-0.3, -0.25) is 0 Å². The van der Waals surface area contributed by atoms with Gasteiger partial charge in [0, 0.05) is 0 Å². The molecule has 40 heavy (non-hydrogen) atoms. The van der Waals surface area contributed by atoms with Crippen LogP contribution in [-0.2, 0) is 0 Å². The van der Waals surface area contributed by atoms with Crippen molar-refractivity contribution < 1.29 is 5.11 Å². The molecule has 4 aliphatic rings. The van der Waals surface area contributed by atoms with Crippen LogP contribution in [0.3, 0.4) is 0 Å². The van der Waals surface area contributed by atoms with Gasteiger partial charge in [0.15, 0.2) is 0 Å². The molecule has 216 valence electrons. The molecule has 4 saturated carbocycles. The second-order valence-electron chi connectivity index (χ2n) is 15.1. The summed E-state index contributed by atoms with van der Waals surface area (Å²) in [4.78, 5) is 0. The maximum Gasteiger partial charge on any atom is 0.0605 e. The van der Waals surface area contributed by atoms with Crippen LogP contribution in [0.5, 0.6) is 0 Å². The van der Waals surface area contributed by atoms with E-state index in [9.17, 15) is 5.11 Å². The molecule has 2 aromatic carbocycles. The maximum atomic E-state index is 12.1. The van der Waals surface area contributed by atoms with Crippen molar-refractivity contribution in [1.29, 1.82) is 0 Å². The summed E-state index contributed by atoms with van der Waals surface area (Å²) in [5, 5.41) is 12.1. The molecule has 0 aromatic heterocycles. The zero-order valence-corrected chi connectivity index (χ0v) is 25.9. The fraction of sp³-hybridized carbons (Fsp3) is 0.641. The molecule has 0 bridgehead atoms. The van der Waals surface area contributed by atoms with E-state index in [4.69, 9.17) is 0 Å². The number of aliphatic hydroxyl groups is 1. The average molecular weight is 539 g/mol. The van der Waals surface area contributed by atoms with Gasteiger partial charge >= 0.3 is 0 Å². The molecular formula is C39H54O. The van der Waals surface area contributed by atoms with Crippen LogP contribution in [0.25, 0.3) is 5.57 Å². The van der Waals surface area contributed by atoms with Crippen molar-refractivity contribution >= 4 is 5.57 Å². The number of hydrogen-bond acceptors (Lipinski definition) is 1. The summed E-state index contributed by atoms with van der Waals surface area (Å²) in [5.41, 5.74) is 4.80. The summed E-state index contributed by atoms with van der Waals surface area (Å²) in [7, 11) is 0. The predicted octanol–water partition coefficient (Wildman–Crippen LogP) is 10.0. The Bertz CT molecular complexity index is 1130. The van der Waals surface area contributed by atoms with E-state index in [1.165, 1.54) is 61.6 Å². The van der Waals surface area contributed by atoms with Gasteiger partial charge in [-0.2, -0.15) is 0 Å². The Morgan fingerprint density at radius 2 is 1.45 bits per heavy atom. The van der Waals surface area contributed by atoms with Crippen LogP contribution >= 0.6 is 0 Å². The van der Waals surface area contributed by atoms with Gasteiger partial charge < -0.3 is 5.11 Å². The lowest BCUT2D eigenvalue weighted by Crippen LogP contribution is -2.61. The first-order valence-corrected chi connectivity index (χ1v) is 16.8. The number of hydrogen-bond donors (Lipinski definition) is 1. The first-order chi connectivity index (χ1) is 19.3. The smallest absolute Gasteiger partial charge is 0.0605 e. The van der Waals surface area contributed by atoms with E-state index >= 15 is 0 Å². The number of rotatable bonds is 6. The Kier molecular flexibility index (Phi) is 7.84. The molecule has 1 nitrogen and oxygen atoms in total. The third-order valence-electron chi connectivity index (χ3n) is 13.3. The highest BCUT2D eigenvalue weighted by molar-refractivity contribution is 5.79. The number of allylic oxidation sites excluding steroid dienone is 1. The molecule has 0 radical (unpaired) electrons. The van der Waals surface area contributed by atoms with Gasteiger partial charge in [-0.1, -0.05) is 114 Å². The molecule has 2 aromatic rings. The summed E-state index contributed by atoms with van der Waals surface area (Å²) < 4.78 is 0. The van der Waals surface area contributed by atoms with E-state index < -0.39 is 0 Å². The second-order valence-corrected chi connectivity index (χ2v) is 15.1. The van der Waals surface area contributed by atoms with Crippen LogP contribution in [-0.4, -0.2) is 11.2 Å². The molecule has 0 amide bonds. The lowest BCUT2D eigenvalue weighted by Gasteiger charge is -2.65. The van der Waals surface area contributed by atoms with Crippen molar-refractivity contribution in [3.05, 3.63) is 77.9 Å². The van der Waals surface area contributed by atoms with E-state index in [1.54, 1.807) is 0 Å². The zero-order valence-electron chi connectivity index (χ0n) is 25.9. The van der Waals surface area contributed by atoms with Gasteiger partial charge in [0.25, 0.3) is 0 Å². The Balaban J connectivity index is 1.26. The summed E-state index contributed by atoms with van der Waals surface area (Å²) in [6.45, 7) is 12.7. The standard InChI is InChI=1S/C39H54O/c1-6-30-35-25-26(2)21-23-39(35,5)34-22-24-38(4)32(19-20-33(38)36(34)37(30)40)27(3)17-18-31(28-13-9-7-10-14-28)29-15-11-8-12-16-29/h7-16,18,26-27,30,32-37,40H,6,17,19-25H2,1-5H3/t26-,27-,30-,32-,33+,34+,35+,36+,37-,38-,39-/m1/s1. The molecule has 0 heterocycles. The Morgan fingerprint density at radius 1 is 0.850 bits per heavy atom. The number of aliphatic hydroxyl groups excluding tert-OH is 1. The van der Waals surface area contributed by atoms with E-state index in [0.29, 0.717) is 34.5 Å². The highest BCUT2D eigenvalue weighted by Gasteiger charge is 2.64. The van der Waals surface area contributed by atoms with Crippen LogP contribution < -0.4 is 0 Å². The number of benzene rings is 2. The monoisotopic (exact) mass is 538 g/mol. The minimum absolute atomic E-state index is 0.0975. The van der Waals surface area contributed by atoms with Crippen LogP contribution in [0, 0.1) is 58.2 Å². The van der Waals surface area contributed by atoms with Gasteiger partial charge in [-0.25, -0.2) is 0 Å². The third kappa shape index (κ3) is 4.63. The molecule has 0 unspecified atom stereocenters. The van der Waals surface area contributed by atoms with Crippen molar-refractivity contribution in [3.8, 4) is 0 Å². The van der Waals surface area contributed by atoms with Crippen LogP contribution in [0.1, 0.15) is 104 Å². The Hall–Kier alpha value is -1.86. The van der Waals surface area contributed by atoms with Crippen LogP contribution in [0.4, 0.5) is 0 Å². The first-order valence-electron chi connectivity index (χ1n) is 16.8. The van der Waals surface area contributed by atoms with Crippen LogP contribution in [0.2, 0.25) is 0 Å². The van der Waals surface area contributed by atoms with Gasteiger partial charge in [0.2, 0.25) is 0 Å². The summed E-state index contributed by atoms with van der Waals surface area (Å²) in [5.74, 6) is 5.35. The fourth-order valence-corrected chi connectivity index (χ4v) is 11.3. The lowest BCUT2D eigenvalue weighted by molar-refractivity contribution is -0.198. The molecule has 0 aliphatic heterocycles. The van der Waals surface area contributed by atoms with E-state index in [2.05, 4.69) is 101 Å². The SMILES string of the molecule is CC[C@H]1[C@@H](O)[C@@H]2[C@H](CC[C@]3(C)[C@@H]([C@H](C)CC=C(c4ccccc4)c4ccccc4)CC[C@@H]23)[C@@]2(C)CC[C@@H](C)C[C@@H]12. The lowest BCUT2D eigenvalue weighted by atomic mass is 9.41. The number of fused-ring (bicyclic) bond motifs is 5. The van der Waals surface area contributed by atoms with Crippen molar-refractivity contribution in [3.63, 3.8) is 0 Å². The topological polar surface area (TPSA) is 20.2 Å². The average Bonchev–Trinajstić information content (AvgIpc) is 3.32. The van der Waals surface area contributed by atoms with Crippen molar-refractivity contribution in [2.45, 2.75) is 98.5 Å². The predicted molar refractivity (Wildman–Crippen MR) is 169 cm³/mol. The highest BCUT2D eigenvalue weighted by Crippen LogP contribution is 2.69. The van der Waals surface area contributed by atoms with E-state index in [0.717, 1.165) is 36.5 Å². The fourth-order valence-electron chi connectivity index (χ4n) is 11.3. The largest absolute Gasteiger partial charge is 0.393 e. The molecule has 1 N–H and O–H groups in total. The molecule has 6 rings (SSSR count). The molecule has 0 saturated heterocycles. The summed E-state index contributed by atoms with van der Waals surface area (Å²) >= 11 is 0. The van der Waals surface area contributed by atoms with Crippen LogP contribution in [0.15, 0.2) is 66.7 Å². The molecule has 4 aliphatic carbocycles. The van der Waals surface area contributed by atoms with Crippen molar-refractivity contribution in [2.75, 3.05) is 0 Å². The quantitative estimate of drug-likeness (QED) is 0.388. The molecule has 0 spiro atoms. The first kappa shape index (κ1) is 28.3. The normalized spacial score (nSPS) is 41.4. The molecular weight excluding hydrogens is 484 g/mol. The summed E-state index contributed by atoms with van der Waals surface area (Å²) in [6, 6.07) is 21.9. The summed E-state index contributed by atoms with van der Waals surface area (Å²) in [6.07, 6.45) is 14.2. The van der Waals surface area contributed by atoms with Crippen molar-refractivity contribution in [2.24, 2.45) is 58.2 Å². The zero-order chi connectivity index (χ0) is 28.1. The third-order valence-corrected chi connectivity index (χ3v) is 13.3. The van der Waals surface area contributed by atoms with E-state index in [-0.39, 0.29) is 6.10 Å². The van der Waals surface area contributed by atoms with Gasteiger partial charge in [0.05, 0.1) is 6.10 Å². The maximum absolute atomic E-state index is 12.1. The van der Waals surface area contributed by atoms with E-state index in [1.807, 2.05) is 0 Å². The molecule has 11 atom stereocenters. The Labute approximate surface area is 244 Å². The van der Waals surface area contributed by atoms with Gasteiger partial charge in [0.1, 0.15) is 0 Å². The second kappa shape index (κ2) is 11.1. The minimum atomic E-state index is -0.0975. The highest BCUT2D eigenvalue weighted by atomic mass is 16.3.